The monoisotopic (exact) mass is 451 g/mol. The number of hydrogen-bond acceptors (Lipinski definition) is 5. The van der Waals surface area contributed by atoms with Gasteiger partial charge in [0.05, 0.1) is 10.6 Å². The van der Waals surface area contributed by atoms with Gasteiger partial charge in [0, 0.05) is 36.2 Å². The van der Waals surface area contributed by atoms with Gasteiger partial charge in [0.15, 0.2) is 0 Å². The zero-order valence-corrected chi connectivity index (χ0v) is 18.8. The summed E-state index contributed by atoms with van der Waals surface area (Å²) in [6.45, 7) is 0.983. The van der Waals surface area contributed by atoms with Crippen LogP contribution in [0.1, 0.15) is 51.4 Å². The van der Waals surface area contributed by atoms with E-state index in [2.05, 4.69) is 5.32 Å². The molecule has 2 amide bonds. The summed E-state index contributed by atoms with van der Waals surface area (Å²) in [5, 5.41) is 3.06. The third-order valence-corrected chi connectivity index (χ3v) is 9.03. The maximum atomic E-state index is 13.0. The van der Waals surface area contributed by atoms with Crippen molar-refractivity contribution >= 4 is 39.3 Å². The number of fused-ring (bicyclic) bond motifs is 1. The van der Waals surface area contributed by atoms with Crippen LogP contribution in [0.25, 0.3) is 0 Å². The van der Waals surface area contributed by atoms with Gasteiger partial charge in [0.25, 0.3) is 0 Å². The van der Waals surface area contributed by atoms with E-state index in [0.29, 0.717) is 31.0 Å². The Labute approximate surface area is 182 Å². The second kappa shape index (κ2) is 9.28. The van der Waals surface area contributed by atoms with Gasteiger partial charge in [0.1, 0.15) is 6.54 Å². The van der Waals surface area contributed by atoms with Crippen molar-refractivity contribution in [3.05, 3.63) is 18.2 Å². The van der Waals surface area contributed by atoms with Crippen LogP contribution in [-0.4, -0.2) is 56.0 Å². The SMILES string of the molecule is O=C(CN1C(=O)CCSc2ccc(S(=O)(=O)N3CCCC3)cc21)NC1CCCCC1. The molecule has 4 rings (SSSR count). The molecule has 1 aliphatic carbocycles. The Morgan fingerprint density at radius 2 is 1.83 bits per heavy atom. The van der Waals surface area contributed by atoms with E-state index in [-0.39, 0.29) is 29.3 Å². The molecule has 1 saturated heterocycles. The fraction of sp³-hybridized carbons (Fsp3) is 0.619. The smallest absolute Gasteiger partial charge is 0.243 e. The molecule has 0 unspecified atom stereocenters. The summed E-state index contributed by atoms with van der Waals surface area (Å²) < 4.78 is 27.5. The molecule has 0 aromatic heterocycles. The molecule has 1 saturated carbocycles. The van der Waals surface area contributed by atoms with Crippen LogP contribution in [0.3, 0.4) is 0 Å². The maximum absolute atomic E-state index is 13.0. The highest BCUT2D eigenvalue weighted by atomic mass is 32.2. The van der Waals surface area contributed by atoms with Crippen LogP contribution in [0.2, 0.25) is 0 Å². The van der Waals surface area contributed by atoms with Gasteiger partial charge in [-0.05, 0) is 43.9 Å². The first kappa shape index (κ1) is 21.6. The molecule has 0 atom stereocenters. The first-order valence-corrected chi connectivity index (χ1v) is 13.2. The van der Waals surface area contributed by atoms with Crippen LogP contribution in [-0.2, 0) is 19.6 Å². The summed E-state index contributed by atoms with van der Waals surface area (Å²) in [5.74, 6) is 0.293. The predicted molar refractivity (Wildman–Crippen MR) is 117 cm³/mol. The standard InChI is InChI=1S/C21H29N3O4S2/c25-20(22-16-6-2-1-3-7-16)15-24-18-14-17(30(27,28)23-11-4-5-12-23)8-9-19(18)29-13-10-21(24)26/h8-9,14,16H,1-7,10-13,15H2,(H,22,25). The lowest BCUT2D eigenvalue weighted by atomic mass is 9.95. The summed E-state index contributed by atoms with van der Waals surface area (Å²) in [7, 11) is -3.59. The molecule has 164 valence electrons. The topological polar surface area (TPSA) is 86.8 Å². The largest absolute Gasteiger partial charge is 0.352 e. The number of thioether (sulfide) groups is 1. The zero-order chi connectivity index (χ0) is 21.1. The highest BCUT2D eigenvalue weighted by molar-refractivity contribution is 7.99. The first-order valence-electron chi connectivity index (χ1n) is 10.8. The average molecular weight is 452 g/mol. The van der Waals surface area contributed by atoms with Gasteiger partial charge in [-0.15, -0.1) is 11.8 Å². The van der Waals surface area contributed by atoms with Crippen molar-refractivity contribution in [3.8, 4) is 0 Å². The third-order valence-electron chi connectivity index (χ3n) is 6.07. The second-order valence-electron chi connectivity index (χ2n) is 8.22. The van der Waals surface area contributed by atoms with Gasteiger partial charge in [-0.1, -0.05) is 19.3 Å². The molecule has 30 heavy (non-hydrogen) atoms. The lowest BCUT2D eigenvalue weighted by molar-refractivity contribution is -0.124. The lowest BCUT2D eigenvalue weighted by Gasteiger charge is -2.26. The fourth-order valence-corrected chi connectivity index (χ4v) is 6.94. The van der Waals surface area contributed by atoms with Crippen LogP contribution < -0.4 is 10.2 Å². The molecular formula is C21H29N3O4S2. The average Bonchev–Trinajstić information content (AvgIpc) is 3.24. The van der Waals surface area contributed by atoms with Crippen molar-refractivity contribution in [1.82, 2.24) is 9.62 Å². The Morgan fingerprint density at radius 1 is 1.10 bits per heavy atom. The fourth-order valence-electron chi connectivity index (χ4n) is 4.42. The summed E-state index contributed by atoms with van der Waals surface area (Å²) >= 11 is 1.53. The van der Waals surface area contributed by atoms with E-state index in [1.165, 1.54) is 27.4 Å². The molecule has 1 N–H and O–H groups in total. The molecule has 1 aromatic rings. The Kier molecular flexibility index (Phi) is 6.69. The van der Waals surface area contributed by atoms with Crippen molar-refractivity contribution in [2.45, 2.75) is 67.2 Å². The highest BCUT2D eigenvalue weighted by Crippen LogP contribution is 2.37. The summed E-state index contributed by atoms with van der Waals surface area (Å²) in [4.78, 5) is 28.0. The third kappa shape index (κ3) is 4.68. The van der Waals surface area contributed by atoms with Gasteiger partial charge in [0.2, 0.25) is 21.8 Å². The number of anilines is 1. The quantitative estimate of drug-likeness (QED) is 0.744. The van der Waals surface area contributed by atoms with Gasteiger partial charge in [-0.25, -0.2) is 8.42 Å². The Morgan fingerprint density at radius 3 is 2.57 bits per heavy atom. The first-order chi connectivity index (χ1) is 14.4. The number of sulfonamides is 1. The molecule has 7 nitrogen and oxygen atoms in total. The van der Waals surface area contributed by atoms with Crippen LogP contribution in [0, 0.1) is 0 Å². The minimum Gasteiger partial charge on any atom is -0.352 e. The number of hydrogen-bond donors (Lipinski definition) is 1. The lowest BCUT2D eigenvalue weighted by Crippen LogP contribution is -2.45. The van der Waals surface area contributed by atoms with E-state index in [4.69, 9.17) is 0 Å². The molecule has 0 radical (unpaired) electrons. The van der Waals surface area contributed by atoms with E-state index in [1.807, 2.05) is 0 Å². The summed E-state index contributed by atoms with van der Waals surface area (Å²) in [6.07, 6.45) is 7.45. The van der Waals surface area contributed by atoms with E-state index >= 15 is 0 Å². The molecule has 9 heteroatoms. The maximum Gasteiger partial charge on any atom is 0.243 e. The second-order valence-corrected chi connectivity index (χ2v) is 11.3. The van der Waals surface area contributed by atoms with Crippen molar-refractivity contribution in [2.24, 2.45) is 0 Å². The molecule has 0 spiro atoms. The minimum absolute atomic E-state index is 0.0733. The normalized spacial score (nSPS) is 21.3. The molecular weight excluding hydrogens is 422 g/mol. The minimum atomic E-state index is -3.59. The van der Waals surface area contributed by atoms with E-state index in [9.17, 15) is 18.0 Å². The van der Waals surface area contributed by atoms with Gasteiger partial charge in [-0.3, -0.25) is 9.59 Å². The van der Waals surface area contributed by atoms with E-state index in [0.717, 1.165) is 43.4 Å². The van der Waals surface area contributed by atoms with Gasteiger partial charge >= 0.3 is 0 Å². The Balaban J connectivity index is 1.58. The number of nitrogens with one attached hydrogen (secondary N) is 1. The van der Waals surface area contributed by atoms with E-state index in [1.54, 1.807) is 18.2 Å². The molecule has 1 aromatic carbocycles. The number of carbonyl (C=O) groups excluding carboxylic acids is 2. The molecule has 3 aliphatic rings. The Hall–Kier alpha value is -1.58. The number of benzene rings is 1. The van der Waals surface area contributed by atoms with Crippen LogP contribution in [0.5, 0.6) is 0 Å². The predicted octanol–water partition coefficient (Wildman–Crippen LogP) is 2.75. The number of carbonyl (C=O) groups is 2. The van der Waals surface area contributed by atoms with Crippen molar-refractivity contribution < 1.29 is 18.0 Å². The Bertz CT molecular complexity index is 907. The van der Waals surface area contributed by atoms with Crippen molar-refractivity contribution in [1.29, 1.82) is 0 Å². The highest BCUT2D eigenvalue weighted by Gasteiger charge is 2.31. The van der Waals surface area contributed by atoms with Crippen molar-refractivity contribution in [3.63, 3.8) is 0 Å². The zero-order valence-electron chi connectivity index (χ0n) is 17.1. The molecule has 2 heterocycles. The number of rotatable bonds is 5. The number of amides is 2. The van der Waals surface area contributed by atoms with E-state index < -0.39 is 10.0 Å². The summed E-state index contributed by atoms with van der Waals surface area (Å²) in [6, 6.07) is 5.14. The molecule has 2 fully saturated rings. The van der Waals surface area contributed by atoms with Crippen molar-refractivity contribution in [2.75, 3.05) is 30.3 Å². The van der Waals surface area contributed by atoms with Crippen LogP contribution >= 0.6 is 11.8 Å². The van der Waals surface area contributed by atoms with Gasteiger partial charge in [-0.2, -0.15) is 4.31 Å². The summed E-state index contributed by atoms with van der Waals surface area (Å²) in [5.41, 5.74) is 0.529. The van der Waals surface area contributed by atoms with Gasteiger partial charge < -0.3 is 10.2 Å². The van der Waals surface area contributed by atoms with Crippen LogP contribution in [0.4, 0.5) is 5.69 Å². The van der Waals surface area contributed by atoms with Crippen LogP contribution in [0.15, 0.2) is 28.0 Å². The molecule has 2 aliphatic heterocycles. The molecule has 0 bridgehead atoms. The number of nitrogens with zero attached hydrogens (tertiary/aromatic N) is 2.